The average Bonchev–Trinajstić information content (AvgIpc) is 2.71. The van der Waals surface area contributed by atoms with Crippen LogP contribution in [0.5, 0.6) is 0 Å². The number of aromatic amines is 1. The summed E-state index contributed by atoms with van der Waals surface area (Å²) in [6.07, 6.45) is 6.85. The highest BCUT2D eigenvalue weighted by Crippen LogP contribution is 2.05. The Balaban J connectivity index is 0.00000128. The van der Waals surface area contributed by atoms with Gasteiger partial charge in [0.1, 0.15) is 5.52 Å². The maximum Gasteiger partial charge on any atom is 0.173 e. The fourth-order valence-corrected chi connectivity index (χ4v) is 1.62. The molecule has 0 aromatic carbocycles. The molecule has 0 aliphatic heterocycles. The molecule has 2 N–H and O–H groups in total. The fraction of sp³-hybridized carbons (Fsp3) is 0.500. The molecule has 0 amide bonds. The lowest BCUT2D eigenvalue weighted by atomic mass is 10.2. The van der Waals surface area contributed by atoms with Crippen molar-refractivity contribution < 1.29 is 0 Å². The molecule has 0 aliphatic rings. The van der Waals surface area contributed by atoms with E-state index in [9.17, 15) is 0 Å². The lowest BCUT2D eigenvalue weighted by molar-refractivity contribution is 0.603. The SMILES string of the molecule is Br.CCCCCn1cnc(=N)c2[nH]cnc21.Cl. The van der Waals surface area contributed by atoms with E-state index in [1.807, 2.05) is 4.57 Å². The van der Waals surface area contributed by atoms with E-state index in [2.05, 4.69) is 21.9 Å². The summed E-state index contributed by atoms with van der Waals surface area (Å²) in [5, 5.41) is 7.59. The van der Waals surface area contributed by atoms with Crippen LogP contribution >= 0.6 is 29.4 Å². The van der Waals surface area contributed by atoms with E-state index >= 15 is 0 Å². The highest BCUT2D eigenvalue weighted by atomic mass is 79.9. The van der Waals surface area contributed by atoms with Crippen LogP contribution < -0.4 is 5.49 Å². The van der Waals surface area contributed by atoms with E-state index < -0.39 is 0 Å². The van der Waals surface area contributed by atoms with Gasteiger partial charge in [-0.1, -0.05) is 19.8 Å². The van der Waals surface area contributed by atoms with Gasteiger partial charge in [-0.3, -0.25) is 5.41 Å². The van der Waals surface area contributed by atoms with E-state index in [1.165, 1.54) is 12.8 Å². The van der Waals surface area contributed by atoms with Gasteiger partial charge in [0.2, 0.25) is 0 Å². The molecule has 5 nitrogen and oxygen atoms in total. The van der Waals surface area contributed by atoms with E-state index in [0.717, 1.165) is 18.6 Å². The molecule has 0 radical (unpaired) electrons. The Morgan fingerprint density at radius 2 is 2.12 bits per heavy atom. The molecule has 0 atom stereocenters. The summed E-state index contributed by atoms with van der Waals surface area (Å²) >= 11 is 0. The molecule has 2 heterocycles. The monoisotopic (exact) mass is 321 g/mol. The van der Waals surface area contributed by atoms with Gasteiger partial charge in [-0.2, -0.15) is 0 Å². The Kier molecular flexibility index (Phi) is 7.06. The maximum atomic E-state index is 7.59. The van der Waals surface area contributed by atoms with E-state index in [-0.39, 0.29) is 34.9 Å². The van der Waals surface area contributed by atoms with Crippen LogP contribution in [0.3, 0.4) is 0 Å². The van der Waals surface area contributed by atoms with Gasteiger partial charge < -0.3 is 9.55 Å². The van der Waals surface area contributed by atoms with Crippen LogP contribution in [-0.4, -0.2) is 19.5 Å². The number of H-pyrrole nitrogens is 1. The number of halogens is 2. The maximum absolute atomic E-state index is 7.59. The normalized spacial score (nSPS) is 9.71. The molecule has 7 heteroatoms. The molecule has 0 unspecified atom stereocenters. The Labute approximate surface area is 116 Å². The second-order valence-corrected chi connectivity index (χ2v) is 3.59. The number of fused-ring (bicyclic) bond motifs is 1. The van der Waals surface area contributed by atoms with Crippen molar-refractivity contribution in [3.63, 3.8) is 0 Å². The summed E-state index contributed by atoms with van der Waals surface area (Å²) in [5.74, 6) is 0. The number of aromatic nitrogens is 4. The van der Waals surface area contributed by atoms with Crippen molar-refractivity contribution in [1.29, 1.82) is 5.41 Å². The van der Waals surface area contributed by atoms with Gasteiger partial charge in [-0.05, 0) is 6.42 Å². The zero-order chi connectivity index (χ0) is 10.7. The first-order valence-corrected chi connectivity index (χ1v) is 5.26. The molecule has 96 valence electrons. The predicted octanol–water partition coefficient (Wildman–Crippen LogP) is 2.43. The minimum atomic E-state index is 0. The third-order valence-electron chi connectivity index (χ3n) is 2.46. The zero-order valence-electron chi connectivity index (χ0n) is 9.64. The van der Waals surface area contributed by atoms with E-state index in [0.29, 0.717) is 5.52 Å². The molecule has 2 aromatic heterocycles. The second-order valence-electron chi connectivity index (χ2n) is 3.59. The van der Waals surface area contributed by atoms with Crippen molar-refractivity contribution in [2.75, 3.05) is 0 Å². The third-order valence-corrected chi connectivity index (χ3v) is 2.46. The first-order valence-electron chi connectivity index (χ1n) is 5.26. The van der Waals surface area contributed by atoms with Crippen LogP contribution in [0.25, 0.3) is 11.2 Å². The van der Waals surface area contributed by atoms with Crippen molar-refractivity contribution in [3.05, 3.63) is 18.1 Å². The molecular formula is C10H17BrClN5. The fourth-order valence-electron chi connectivity index (χ4n) is 1.62. The number of aryl methyl sites for hydroxylation is 1. The van der Waals surface area contributed by atoms with Crippen molar-refractivity contribution in [2.45, 2.75) is 32.7 Å². The first-order chi connectivity index (χ1) is 7.33. The Morgan fingerprint density at radius 1 is 1.35 bits per heavy atom. The van der Waals surface area contributed by atoms with Crippen LogP contribution in [0, 0.1) is 5.41 Å². The summed E-state index contributed by atoms with van der Waals surface area (Å²) in [7, 11) is 0. The van der Waals surface area contributed by atoms with Crippen molar-refractivity contribution >= 4 is 40.6 Å². The molecular weight excluding hydrogens is 306 g/mol. The summed E-state index contributed by atoms with van der Waals surface area (Å²) in [5.41, 5.74) is 1.80. The van der Waals surface area contributed by atoms with Gasteiger partial charge in [0.15, 0.2) is 11.1 Å². The Bertz CT molecular complexity index is 507. The standard InChI is InChI=1S/C10H15N5.BrH.ClH/c1-2-3-4-5-15-7-14-9(11)8-10(15)13-6-12-8;;/h6-7,11H,2-5H2,1H3,(H,12,13);2*1H. The molecule has 0 spiro atoms. The number of rotatable bonds is 4. The largest absolute Gasteiger partial charge is 0.340 e. The third kappa shape index (κ3) is 3.54. The lowest BCUT2D eigenvalue weighted by Gasteiger charge is -2.05. The van der Waals surface area contributed by atoms with Gasteiger partial charge in [0.05, 0.1) is 12.7 Å². The molecule has 17 heavy (non-hydrogen) atoms. The summed E-state index contributed by atoms with van der Waals surface area (Å²) in [6, 6.07) is 0. The summed E-state index contributed by atoms with van der Waals surface area (Å²) in [4.78, 5) is 11.2. The highest BCUT2D eigenvalue weighted by molar-refractivity contribution is 8.93. The molecule has 0 fully saturated rings. The number of nitrogens with zero attached hydrogens (tertiary/aromatic N) is 3. The van der Waals surface area contributed by atoms with E-state index in [1.54, 1.807) is 12.7 Å². The lowest BCUT2D eigenvalue weighted by Crippen LogP contribution is -2.12. The Hall–Kier alpha value is -0.880. The molecule has 2 aromatic rings. The van der Waals surface area contributed by atoms with Gasteiger partial charge in [-0.15, -0.1) is 29.4 Å². The smallest absolute Gasteiger partial charge is 0.173 e. The molecule has 0 saturated heterocycles. The molecule has 0 bridgehead atoms. The van der Waals surface area contributed by atoms with Crippen LogP contribution in [0.1, 0.15) is 26.2 Å². The average molecular weight is 323 g/mol. The van der Waals surface area contributed by atoms with Crippen molar-refractivity contribution in [3.8, 4) is 0 Å². The quantitative estimate of drug-likeness (QED) is 0.849. The van der Waals surface area contributed by atoms with Crippen LogP contribution in [0.15, 0.2) is 12.7 Å². The van der Waals surface area contributed by atoms with Crippen LogP contribution in [0.2, 0.25) is 0 Å². The Morgan fingerprint density at radius 3 is 2.82 bits per heavy atom. The van der Waals surface area contributed by atoms with Gasteiger partial charge in [0, 0.05) is 6.54 Å². The molecule has 2 rings (SSSR count). The predicted molar refractivity (Wildman–Crippen MR) is 74.8 cm³/mol. The second kappa shape index (κ2) is 7.45. The van der Waals surface area contributed by atoms with Gasteiger partial charge in [-0.25, -0.2) is 9.97 Å². The number of nitrogens with one attached hydrogen (secondary N) is 2. The van der Waals surface area contributed by atoms with Crippen molar-refractivity contribution in [2.24, 2.45) is 0 Å². The topological polar surface area (TPSA) is 70.3 Å². The number of unbranched alkanes of at least 4 members (excludes halogenated alkanes) is 2. The van der Waals surface area contributed by atoms with Crippen LogP contribution in [-0.2, 0) is 6.54 Å². The van der Waals surface area contributed by atoms with Gasteiger partial charge >= 0.3 is 0 Å². The van der Waals surface area contributed by atoms with Gasteiger partial charge in [0.25, 0.3) is 0 Å². The van der Waals surface area contributed by atoms with Crippen LogP contribution in [0.4, 0.5) is 0 Å². The summed E-state index contributed by atoms with van der Waals surface area (Å²) < 4.78 is 2.00. The number of hydrogen-bond donors (Lipinski definition) is 2. The number of hydrogen-bond acceptors (Lipinski definition) is 3. The molecule has 0 aliphatic carbocycles. The van der Waals surface area contributed by atoms with Crippen molar-refractivity contribution in [1.82, 2.24) is 19.5 Å². The summed E-state index contributed by atoms with van der Waals surface area (Å²) in [6.45, 7) is 3.10. The first kappa shape index (κ1) is 16.1. The highest BCUT2D eigenvalue weighted by Gasteiger charge is 2.03. The van der Waals surface area contributed by atoms with E-state index in [4.69, 9.17) is 5.41 Å². The minimum absolute atomic E-state index is 0. The minimum Gasteiger partial charge on any atom is -0.340 e. The molecule has 0 saturated carbocycles. The number of imidazole rings is 1. The zero-order valence-corrected chi connectivity index (χ0v) is 12.2.